The molecule has 3 aromatic rings. The van der Waals surface area contributed by atoms with Gasteiger partial charge >= 0.3 is 6.03 Å². The Morgan fingerprint density at radius 2 is 1.52 bits per heavy atom. The van der Waals surface area contributed by atoms with Crippen LogP contribution in [-0.4, -0.2) is 78.2 Å². The first-order valence-electron chi connectivity index (χ1n) is 13.2. The van der Waals surface area contributed by atoms with Gasteiger partial charge in [-0.1, -0.05) is 12.1 Å². The molecule has 0 aromatic heterocycles. The number of nitrogens with zero attached hydrogens (tertiary/aromatic N) is 3. The summed E-state index contributed by atoms with van der Waals surface area (Å²) in [5.41, 5.74) is 4.28. The second-order valence-electron chi connectivity index (χ2n) is 9.97. The van der Waals surface area contributed by atoms with Crippen LogP contribution in [0.3, 0.4) is 0 Å². The van der Waals surface area contributed by atoms with Gasteiger partial charge in [-0.05, 0) is 62.0 Å². The lowest BCUT2D eigenvalue weighted by atomic mass is 9.96. The molecule has 1 fully saturated rings. The lowest BCUT2D eigenvalue weighted by Crippen LogP contribution is -2.46. The van der Waals surface area contributed by atoms with Gasteiger partial charge in [0.1, 0.15) is 11.5 Å². The molecule has 10 nitrogen and oxygen atoms in total. The van der Waals surface area contributed by atoms with Gasteiger partial charge in [0.15, 0.2) is 0 Å². The standard InChI is InChI=1S/C29H35N5O5S/c1-32-16-18-33(19-17-32)26-12-13-27(38-2)23-14-15-34(20-24(23)26)29(35)30-21-8-10-22(11-9-21)40(36,37)31-25-6-4-5-7-28(25)39-3/h4-13,31H,14-20H2,1-3H3,(H,30,35). The van der Waals surface area contributed by atoms with Gasteiger partial charge in [-0.3, -0.25) is 4.72 Å². The number of anilines is 3. The molecule has 212 valence electrons. The molecule has 40 heavy (non-hydrogen) atoms. The highest BCUT2D eigenvalue weighted by Gasteiger charge is 2.28. The van der Waals surface area contributed by atoms with Crippen LogP contribution < -0.4 is 24.4 Å². The van der Waals surface area contributed by atoms with E-state index in [-0.39, 0.29) is 10.9 Å². The average molecular weight is 566 g/mol. The Kier molecular flexibility index (Phi) is 8.04. The topological polar surface area (TPSA) is 103 Å². The van der Waals surface area contributed by atoms with Crippen LogP contribution >= 0.6 is 0 Å². The number of carbonyl (C=O) groups excluding carboxylic acids is 1. The van der Waals surface area contributed by atoms with E-state index < -0.39 is 10.0 Å². The third-order valence-electron chi connectivity index (χ3n) is 7.46. The van der Waals surface area contributed by atoms with Crippen molar-refractivity contribution in [2.45, 2.75) is 17.9 Å². The zero-order chi connectivity index (χ0) is 28.3. The van der Waals surface area contributed by atoms with E-state index in [4.69, 9.17) is 9.47 Å². The number of amides is 2. The summed E-state index contributed by atoms with van der Waals surface area (Å²) in [6.45, 7) is 4.87. The third kappa shape index (κ3) is 5.80. The SMILES string of the molecule is COc1ccccc1NS(=O)(=O)c1ccc(NC(=O)N2CCc3c(OC)ccc(N4CCN(C)CC4)c3C2)cc1. The van der Waals surface area contributed by atoms with Crippen molar-refractivity contribution in [2.24, 2.45) is 0 Å². The number of piperazine rings is 1. The molecule has 0 spiro atoms. The Bertz CT molecular complexity index is 1470. The van der Waals surface area contributed by atoms with Crippen LogP contribution in [0.15, 0.2) is 65.6 Å². The minimum absolute atomic E-state index is 0.0761. The summed E-state index contributed by atoms with van der Waals surface area (Å²) in [6.07, 6.45) is 0.694. The van der Waals surface area contributed by atoms with Crippen LogP contribution in [0.25, 0.3) is 0 Å². The number of benzene rings is 3. The Morgan fingerprint density at radius 1 is 0.825 bits per heavy atom. The van der Waals surface area contributed by atoms with Gasteiger partial charge in [-0.25, -0.2) is 13.2 Å². The molecule has 2 heterocycles. The van der Waals surface area contributed by atoms with Crippen molar-refractivity contribution in [3.8, 4) is 11.5 Å². The number of hydrogen-bond acceptors (Lipinski definition) is 7. The Labute approximate surface area is 235 Å². The fraction of sp³-hybridized carbons (Fsp3) is 0.345. The van der Waals surface area contributed by atoms with Gasteiger partial charge in [0.05, 0.1) is 24.8 Å². The molecule has 11 heteroatoms. The van der Waals surface area contributed by atoms with Crippen molar-refractivity contribution in [2.75, 3.05) is 68.9 Å². The molecular weight excluding hydrogens is 530 g/mol. The third-order valence-corrected chi connectivity index (χ3v) is 8.84. The highest BCUT2D eigenvalue weighted by Crippen LogP contribution is 2.36. The minimum atomic E-state index is -3.84. The zero-order valence-corrected chi connectivity index (χ0v) is 23.8. The number of carbonyl (C=O) groups is 1. The van der Waals surface area contributed by atoms with Gasteiger partial charge in [-0.15, -0.1) is 0 Å². The first-order chi connectivity index (χ1) is 19.3. The van der Waals surface area contributed by atoms with Crippen molar-refractivity contribution in [1.82, 2.24) is 9.80 Å². The lowest BCUT2D eigenvalue weighted by Gasteiger charge is -2.38. The lowest BCUT2D eigenvalue weighted by molar-refractivity contribution is 0.206. The van der Waals surface area contributed by atoms with E-state index in [0.29, 0.717) is 36.6 Å². The van der Waals surface area contributed by atoms with E-state index in [9.17, 15) is 13.2 Å². The van der Waals surface area contributed by atoms with Crippen molar-refractivity contribution in [3.63, 3.8) is 0 Å². The number of urea groups is 1. The normalized spacial score (nSPS) is 15.8. The fourth-order valence-electron chi connectivity index (χ4n) is 5.19. The highest BCUT2D eigenvalue weighted by atomic mass is 32.2. The van der Waals surface area contributed by atoms with Crippen LogP contribution in [0.5, 0.6) is 11.5 Å². The molecule has 2 aliphatic heterocycles. The summed E-state index contributed by atoms with van der Waals surface area (Å²) < 4.78 is 39.3. The van der Waals surface area contributed by atoms with E-state index in [2.05, 4.69) is 33.0 Å². The first-order valence-corrected chi connectivity index (χ1v) is 14.7. The minimum Gasteiger partial charge on any atom is -0.496 e. The quantitative estimate of drug-likeness (QED) is 0.449. The molecule has 5 rings (SSSR count). The number of rotatable bonds is 7. The summed E-state index contributed by atoms with van der Waals surface area (Å²) in [5.74, 6) is 1.28. The van der Waals surface area contributed by atoms with Crippen molar-refractivity contribution >= 4 is 33.1 Å². The van der Waals surface area contributed by atoms with Crippen LogP contribution in [0.1, 0.15) is 11.1 Å². The predicted octanol–water partition coefficient (Wildman–Crippen LogP) is 3.85. The maximum atomic E-state index is 13.3. The molecule has 0 bridgehead atoms. The smallest absolute Gasteiger partial charge is 0.322 e. The van der Waals surface area contributed by atoms with Gasteiger partial charge in [0.2, 0.25) is 0 Å². The number of para-hydroxylation sites is 2. The number of fused-ring (bicyclic) bond motifs is 1. The number of nitrogens with one attached hydrogen (secondary N) is 2. The molecule has 0 radical (unpaired) electrons. The summed E-state index contributed by atoms with van der Waals surface area (Å²) in [6, 6.07) is 16.8. The number of ether oxygens (including phenoxy) is 2. The number of likely N-dealkylation sites (N-methyl/N-ethyl adjacent to an activating group) is 1. The molecule has 3 aromatic carbocycles. The number of sulfonamides is 1. The predicted molar refractivity (Wildman–Crippen MR) is 156 cm³/mol. The Hall–Kier alpha value is -3.96. The molecule has 2 N–H and O–H groups in total. The summed E-state index contributed by atoms with van der Waals surface area (Å²) in [7, 11) is 1.45. The number of methoxy groups -OCH3 is 2. The van der Waals surface area contributed by atoms with Crippen molar-refractivity contribution < 1.29 is 22.7 Å². The molecule has 0 saturated carbocycles. The first kappa shape index (κ1) is 27.6. The van der Waals surface area contributed by atoms with E-state index in [1.807, 2.05) is 6.07 Å². The molecule has 1 saturated heterocycles. The maximum absolute atomic E-state index is 13.3. The van der Waals surface area contributed by atoms with E-state index in [1.54, 1.807) is 48.4 Å². The highest BCUT2D eigenvalue weighted by molar-refractivity contribution is 7.92. The van der Waals surface area contributed by atoms with Crippen LogP contribution in [0, 0.1) is 0 Å². The second-order valence-corrected chi connectivity index (χ2v) is 11.6. The van der Waals surface area contributed by atoms with E-state index in [1.165, 1.54) is 19.2 Å². The zero-order valence-electron chi connectivity index (χ0n) is 23.0. The van der Waals surface area contributed by atoms with E-state index in [0.717, 1.165) is 48.7 Å². The maximum Gasteiger partial charge on any atom is 0.322 e. The molecule has 2 aliphatic rings. The summed E-state index contributed by atoms with van der Waals surface area (Å²) in [4.78, 5) is 19.8. The fourth-order valence-corrected chi connectivity index (χ4v) is 6.26. The van der Waals surface area contributed by atoms with E-state index >= 15 is 0 Å². The van der Waals surface area contributed by atoms with Crippen LogP contribution in [-0.2, 0) is 23.0 Å². The van der Waals surface area contributed by atoms with Gasteiger partial charge in [-0.2, -0.15) is 0 Å². The second kappa shape index (κ2) is 11.6. The van der Waals surface area contributed by atoms with Crippen LogP contribution in [0.2, 0.25) is 0 Å². The van der Waals surface area contributed by atoms with Crippen LogP contribution in [0.4, 0.5) is 21.9 Å². The molecule has 2 amide bonds. The number of hydrogen-bond donors (Lipinski definition) is 2. The van der Waals surface area contributed by atoms with Gasteiger partial charge < -0.3 is 29.5 Å². The summed E-state index contributed by atoms with van der Waals surface area (Å²) >= 11 is 0. The molecule has 0 aliphatic carbocycles. The average Bonchev–Trinajstić information content (AvgIpc) is 2.97. The Balaban J connectivity index is 1.28. The molecular formula is C29H35N5O5S. The van der Waals surface area contributed by atoms with Gasteiger partial charge in [0.25, 0.3) is 10.0 Å². The summed E-state index contributed by atoms with van der Waals surface area (Å²) in [5, 5.41) is 2.92. The molecule has 0 atom stereocenters. The van der Waals surface area contributed by atoms with Gasteiger partial charge in [0, 0.05) is 61.8 Å². The van der Waals surface area contributed by atoms with Crippen molar-refractivity contribution in [3.05, 3.63) is 71.8 Å². The largest absolute Gasteiger partial charge is 0.496 e. The van der Waals surface area contributed by atoms with Crippen molar-refractivity contribution in [1.29, 1.82) is 0 Å². The molecule has 0 unspecified atom stereocenters. The Morgan fingerprint density at radius 3 is 2.23 bits per heavy atom. The monoisotopic (exact) mass is 565 g/mol.